The molecule has 2 atom stereocenters. The molecular formula is C56H63BN2. The molecule has 2 nitrogen and oxygen atoms in total. The quantitative estimate of drug-likeness (QED) is 0.164. The number of hydrogen-bond acceptors (Lipinski definition) is 2. The molecule has 59 heavy (non-hydrogen) atoms. The third-order valence-electron chi connectivity index (χ3n) is 15.4. The lowest BCUT2D eigenvalue weighted by Crippen LogP contribution is -2.62. The number of rotatable bonds is 5. The van der Waals surface area contributed by atoms with Crippen LogP contribution in [0.4, 0.5) is 28.4 Å². The van der Waals surface area contributed by atoms with Gasteiger partial charge in [0.25, 0.3) is 6.71 Å². The molecule has 0 saturated carbocycles. The van der Waals surface area contributed by atoms with Gasteiger partial charge in [-0.15, -0.1) is 0 Å². The molecule has 4 aromatic carbocycles. The fourth-order valence-corrected chi connectivity index (χ4v) is 11.6. The second-order valence-electron chi connectivity index (χ2n) is 21.6. The van der Waals surface area contributed by atoms with Crippen molar-refractivity contribution in [3.05, 3.63) is 149 Å². The molecule has 0 bridgehead atoms. The number of hydrogen-bond donors (Lipinski definition) is 0. The Bertz CT molecular complexity index is 2540. The SMILES string of the molecule is CC(C)(C)c1ccc(N2c3ccc(C(C)(C)C)cc3B3c4cc(C(C)(C)C5=CC=CCC5)cc5c4N(c4cccc2c43)C2CCC(C(C)(C)C3=CC=CCC3)C=C52)cc1. The van der Waals surface area contributed by atoms with E-state index in [1.54, 1.807) is 11.1 Å². The van der Waals surface area contributed by atoms with Gasteiger partial charge in [-0.05, 0) is 136 Å². The van der Waals surface area contributed by atoms with Gasteiger partial charge in [0.05, 0.1) is 6.04 Å². The van der Waals surface area contributed by atoms with Gasteiger partial charge in [-0.3, -0.25) is 0 Å². The van der Waals surface area contributed by atoms with Crippen molar-refractivity contribution < 1.29 is 0 Å². The van der Waals surface area contributed by atoms with Crippen molar-refractivity contribution in [3.63, 3.8) is 0 Å². The summed E-state index contributed by atoms with van der Waals surface area (Å²) in [6.07, 6.45) is 23.7. The van der Waals surface area contributed by atoms with E-state index in [9.17, 15) is 0 Å². The van der Waals surface area contributed by atoms with E-state index in [-0.39, 0.29) is 28.4 Å². The van der Waals surface area contributed by atoms with Gasteiger partial charge >= 0.3 is 0 Å². The summed E-state index contributed by atoms with van der Waals surface area (Å²) in [6.45, 7) is 24.2. The van der Waals surface area contributed by atoms with Crippen molar-refractivity contribution in [2.24, 2.45) is 11.3 Å². The summed E-state index contributed by atoms with van der Waals surface area (Å²) in [5.74, 6) is 0.491. The van der Waals surface area contributed by atoms with E-state index < -0.39 is 0 Å². The van der Waals surface area contributed by atoms with Crippen LogP contribution in [0.5, 0.6) is 0 Å². The molecule has 4 aromatic rings. The van der Waals surface area contributed by atoms with Crippen LogP contribution in [0.2, 0.25) is 0 Å². The highest BCUT2D eigenvalue weighted by atomic mass is 15.2. The largest absolute Gasteiger partial charge is 0.334 e. The molecule has 0 N–H and O–H groups in total. The van der Waals surface area contributed by atoms with Gasteiger partial charge in [0.1, 0.15) is 0 Å². The Kier molecular flexibility index (Phi) is 8.72. The van der Waals surface area contributed by atoms with Gasteiger partial charge in [-0.1, -0.05) is 159 Å². The average Bonchev–Trinajstić information content (AvgIpc) is 3.56. The van der Waals surface area contributed by atoms with Crippen LogP contribution in [0.1, 0.15) is 130 Å². The van der Waals surface area contributed by atoms with E-state index in [0.717, 1.165) is 25.7 Å². The first-order valence-electron chi connectivity index (χ1n) is 22.7. The maximum Gasteiger partial charge on any atom is 0.252 e. The van der Waals surface area contributed by atoms with Crippen molar-refractivity contribution in [1.82, 2.24) is 0 Å². The van der Waals surface area contributed by atoms with Crippen molar-refractivity contribution in [2.75, 3.05) is 9.80 Å². The lowest BCUT2D eigenvalue weighted by Gasteiger charge is -2.46. The zero-order chi connectivity index (χ0) is 41.2. The fourth-order valence-electron chi connectivity index (χ4n) is 11.6. The minimum absolute atomic E-state index is 0.0204. The minimum atomic E-state index is -0.0995. The van der Waals surface area contributed by atoms with Gasteiger partial charge in [-0.2, -0.15) is 0 Å². The smallest absolute Gasteiger partial charge is 0.252 e. The second kappa shape index (κ2) is 13.4. The molecule has 3 heteroatoms. The van der Waals surface area contributed by atoms with Gasteiger partial charge in [0.15, 0.2) is 0 Å². The summed E-state index contributed by atoms with van der Waals surface area (Å²) in [4.78, 5) is 5.40. The van der Waals surface area contributed by atoms with E-state index in [4.69, 9.17) is 0 Å². The maximum atomic E-state index is 2.82. The Labute approximate surface area is 355 Å². The number of allylic oxidation sites excluding steroid dienone is 9. The van der Waals surface area contributed by atoms with Crippen LogP contribution < -0.4 is 26.2 Å². The topological polar surface area (TPSA) is 6.48 Å². The highest BCUT2D eigenvalue weighted by molar-refractivity contribution is 7.00. The summed E-state index contributed by atoms with van der Waals surface area (Å²) >= 11 is 0. The molecule has 3 aliphatic carbocycles. The summed E-state index contributed by atoms with van der Waals surface area (Å²) < 4.78 is 0. The standard InChI is InChI=1S/C56H63BN2/c1-53(2,3)36-24-28-42(29-25-36)58-48-31-26-39(54(4,5)6)34-45(48)57-46-35-41(56(9,10)38-20-15-12-16-21-38)33-44-43-32-40(55(7,8)37-18-13-11-14-19-37)27-30-47(43)59(52(44)46)50-23-17-22-49(58)51(50)57/h11-13,15,17-18,20,22-26,28-29,31-35,40,47H,14,16,19,21,27,30H2,1-10H3. The van der Waals surface area contributed by atoms with Crippen molar-refractivity contribution in [1.29, 1.82) is 0 Å². The molecule has 300 valence electrons. The summed E-state index contributed by atoms with van der Waals surface area (Å²) in [6, 6.07) is 29.6. The Hall–Kier alpha value is -4.76. The number of benzene rings is 4. The normalized spacial score (nSPS) is 20.7. The van der Waals surface area contributed by atoms with Crippen molar-refractivity contribution in [3.8, 4) is 0 Å². The predicted molar refractivity (Wildman–Crippen MR) is 256 cm³/mol. The van der Waals surface area contributed by atoms with Gasteiger partial charge in [0.2, 0.25) is 0 Å². The molecule has 3 aliphatic heterocycles. The first kappa shape index (κ1) is 38.4. The summed E-state index contributed by atoms with van der Waals surface area (Å²) in [5, 5.41) is 0. The Balaban J connectivity index is 1.24. The predicted octanol–water partition coefficient (Wildman–Crippen LogP) is 13.1. The minimum Gasteiger partial charge on any atom is -0.334 e. The number of nitrogens with zero attached hydrogens (tertiary/aromatic N) is 2. The Morgan fingerprint density at radius 1 is 0.610 bits per heavy atom. The molecule has 6 aliphatic rings. The molecular weight excluding hydrogens is 711 g/mol. The Morgan fingerprint density at radius 3 is 1.92 bits per heavy atom. The van der Waals surface area contributed by atoms with E-state index in [1.807, 2.05) is 0 Å². The molecule has 0 aromatic heterocycles. The lowest BCUT2D eigenvalue weighted by molar-refractivity contribution is 0.281. The van der Waals surface area contributed by atoms with E-state index in [0.29, 0.717) is 12.0 Å². The highest BCUT2D eigenvalue weighted by Gasteiger charge is 2.51. The molecule has 0 saturated heterocycles. The molecule has 0 amide bonds. The van der Waals surface area contributed by atoms with Crippen LogP contribution in [0.15, 0.2) is 126 Å². The van der Waals surface area contributed by atoms with E-state index in [1.165, 1.54) is 85.5 Å². The fraction of sp³-hybridized carbons (Fsp3) is 0.393. The van der Waals surface area contributed by atoms with Crippen molar-refractivity contribution in [2.45, 2.75) is 130 Å². The van der Waals surface area contributed by atoms with Crippen LogP contribution in [0, 0.1) is 11.3 Å². The Morgan fingerprint density at radius 2 is 1.25 bits per heavy atom. The molecule has 10 rings (SSSR count). The third kappa shape index (κ3) is 5.95. The zero-order valence-corrected chi connectivity index (χ0v) is 37.3. The maximum absolute atomic E-state index is 2.82. The first-order chi connectivity index (χ1) is 28.0. The number of fused-ring (bicyclic) bond motifs is 7. The molecule has 0 radical (unpaired) electrons. The van der Waals surface area contributed by atoms with Crippen LogP contribution >= 0.6 is 0 Å². The third-order valence-corrected chi connectivity index (χ3v) is 15.4. The highest BCUT2D eigenvalue weighted by Crippen LogP contribution is 2.56. The summed E-state index contributed by atoms with van der Waals surface area (Å²) in [5.41, 5.74) is 21.6. The molecule has 3 heterocycles. The van der Waals surface area contributed by atoms with Crippen LogP contribution in [-0.4, -0.2) is 12.8 Å². The van der Waals surface area contributed by atoms with Crippen molar-refractivity contribution >= 4 is 57.1 Å². The van der Waals surface area contributed by atoms with E-state index >= 15 is 0 Å². The molecule has 0 spiro atoms. The lowest BCUT2D eigenvalue weighted by atomic mass is 9.33. The zero-order valence-electron chi connectivity index (χ0n) is 37.3. The molecule has 0 fully saturated rings. The monoisotopic (exact) mass is 775 g/mol. The summed E-state index contributed by atoms with van der Waals surface area (Å²) in [7, 11) is 0. The second-order valence-corrected chi connectivity index (χ2v) is 21.6. The molecule has 2 unspecified atom stereocenters. The average molecular weight is 775 g/mol. The van der Waals surface area contributed by atoms with Crippen LogP contribution in [-0.2, 0) is 16.2 Å². The van der Waals surface area contributed by atoms with Gasteiger partial charge < -0.3 is 9.80 Å². The van der Waals surface area contributed by atoms with Crippen LogP contribution in [0.25, 0.3) is 5.57 Å². The van der Waals surface area contributed by atoms with Gasteiger partial charge in [-0.25, -0.2) is 0 Å². The van der Waals surface area contributed by atoms with Crippen LogP contribution in [0.3, 0.4) is 0 Å². The van der Waals surface area contributed by atoms with Gasteiger partial charge in [0, 0.05) is 39.4 Å². The number of anilines is 5. The van der Waals surface area contributed by atoms with E-state index in [2.05, 4.69) is 194 Å². The first-order valence-corrected chi connectivity index (χ1v) is 22.7.